The van der Waals surface area contributed by atoms with E-state index in [4.69, 9.17) is 9.73 Å². The Balaban J connectivity index is 1.84. The molecule has 6 nitrogen and oxygen atoms in total. The third kappa shape index (κ3) is 6.83. The van der Waals surface area contributed by atoms with Crippen molar-refractivity contribution in [2.24, 2.45) is 4.99 Å². The number of nitrogens with zero attached hydrogens (tertiary/aromatic N) is 1. The second-order valence-electron chi connectivity index (χ2n) is 7.08. The van der Waals surface area contributed by atoms with E-state index in [0.717, 1.165) is 12.5 Å². The SMILES string of the molecule is CCNC(=NCC(C)(C)c1cccs1)NCCOc1ccc(S(C)(=O)=O)cc1. The standard InChI is InChI=1S/C20H29N3O3S2/c1-5-21-19(23-15-20(2,3)18-7-6-14-27-18)22-12-13-26-16-8-10-17(11-9-16)28(4,24)25/h6-11,14H,5,12-13,15H2,1-4H3,(H2,21,22,23). The number of benzene rings is 1. The average molecular weight is 424 g/mol. The minimum Gasteiger partial charge on any atom is -0.492 e. The van der Waals surface area contributed by atoms with Gasteiger partial charge in [0.1, 0.15) is 12.4 Å². The molecular formula is C20H29N3O3S2. The van der Waals surface area contributed by atoms with Crippen LogP contribution in [0, 0.1) is 0 Å². The molecule has 0 spiro atoms. The van der Waals surface area contributed by atoms with E-state index in [-0.39, 0.29) is 10.3 Å². The van der Waals surface area contributed by atoms with Crippen molar-refractivity contribution >= 4 is 27.1 Å². The first-order valence-electron chi connectivity index (χ1n) is 9.21. The van der Waals surface area contributed by atoms with E-state index >= 15 is 0 Å². The molecule has 0 bridgehead atoms. The number of rotatable bonds is 9. The summed E-state index contributed by atoms with van der Waals surface area (Å²) in [5.74, 6) is 1.39. The molecule has 154 valence electrons. The van der Waals surface area contributed by atoms with Gasteiger partial charge in [0.05, 0.1) is 18.0 Å². The molecule has 0 radical (unpaired) electrons. The van der Waals surface area contributed by atoms with Gasteiger partial charge in [0.25, 0.3) is 0 Å². The molecule has 0 fully saturated rings. The van der Waals surface area contributed by atoms with E-state index in [1.54, 1.807) is 35.6 Å². The van der Waals surface area contributed by atoms with Crippen molar-refractivity contribution in [2.75, 3.05) is 32.5 Å². The summed E-state index contributed by atoms with van der Waals surface area (Å²) in [7, 11) is -3.19. The van der Waals surface area contributed by atoms with Crippen LogP contribution in [0.25, 0.3) is 0 Å². The van der Waals surface area contributed by atoms with Gasteiger partial charge in [0, 0.05) is 23.1 Å². The number of sulfone groups is 1. The first-order valence-corrected chi connectivity index (χ1v) is 12.0. The maximum atomic E-state index is 11.5. The maximum absolute atomic E-state index is 11.5. The number of hydrogen-bond donors (Lipinski definition) is 2. The van der Waals surface area contributed by atoms with Gasteiger partial charge in [-0.25, -0.2) is 8.42 Å². The molecular weight excluding hydrogens is 394 g/mol. The Morgan fingerprint density at radius 3 is 2.46 bits per heavy atom. The molecule has 0 aliphatic carbocycles. The summed E-state index contributed by atoms with van der Waals surface area (Å²) in [6.07, 6.45) is 1.19. The molecule has 0 atom stereocenters. The van der Waals surface area contributed by atoms with Gasteiger partial charge in [-0.05, 0) is 42.6 Å². The van der Waals surface area contributed by atoms with Crippen LogP contribution in [0.2, 0.25) is 0 Å². The number of nitrogens with one attached hydrogen (secondary N) is 2. The molecule has 0 aliphatic rings. The molecule has 2 N–H and O–H groups in total. The summed E-state index contributed by atoms with van der Waals surface area (Å²) in [5, 5.41) is 8.60. The molecule has 28 heavy (non-hydrogen) atoms. The van der Waals surface area contributed by atoms with Crippen LogP contribution in [0.5, 0.6) is 5.75 Å². The van der Waals surface area contributed by atoms with Crippen LogP contribution in [0.4, 0.5) is 0 Å². The summed E-state index contributed by atoms with van der Waals surface area (Å²) < 4.78 is 28.6. The van der Waals surface area contributed by atoms with Crippen LogP contribution in [0.1, 0.15) is 25.6 Å². The Morgan fingerprint density at radius 2 is 1.89 bits per heavy atom. The quantitative estimate of drug-likeness (QED) is 0.368. The summed E-state index contributed by atoms with van der Waals surface area (Å²) in [6.45, 7) is 8.89. The number of ether oxygens (including phenoxy) is 1. The Morgan fingerprint density at radius 1 is 1.18 bits per heavy atom. The number of aliphatic imine (C=N–C) groups is 1. The Hall–Kier alpha value is -2.06. The van der Waals surface area contributed by atoms with Crippen LogP contribution in [0.15, 0.2) is 51.7 Å². The summed E-state index contributed by atoms with van der Waals surface area (Å²) >= 11 is 1.75. The van der Waals surface area contributed by atoms with Crippen LogP contribution in [-0.4, -0.2) is 46.9 Å². The van der Waals surface area contributed by atoms with Gasteiger partial charge in [-0.3, -0.25) is 4.99 Å². The zero-order valence-corrected chi connectivity index (χ0v) is 18.5. The maximum Gasteiger partial charge on any atom is 0.191 e. The van der Waals surface area contributed by atoms with Crippen molar-refractivity contribution in [3.05, 3.63) is 46.7 Å². The second-order valence-corrected chi connectivity index (χ2v) is 10.0. The summed E-state index contributed by atoms with van der Waals surface area (Å²) in [6, 6.07) is 10.6. The van der Waals surface area contributed by atoms with Gasteiger partial charge in [-0.15, -0.1) is 11.3 Å². The summed E-state index contributed by atoms with van der Waals surface area (Å²) in [5.41, 5.74) is -0.0195. The van der Waals surface area contributed by atoms with Crippen molar-refractivity contribution in [1.29, 1.82) is 0 Å². The van der Waals surface area contributed by atoms with E-state index < -0.39 is 9.84 Å². The van der Waals surface area contributed by atoms with Crippen LogP contribution < -0.4 is 15.4 Å². The van der Waals surface area contributed by atoms with Gasteiger partial charge in [-0.1, -0.05) is 19.9 Å². The fourth-order valence-corrected chi connectivity index (χ4v) is 3.96. The van der Waals surface area contributed by atoms with E-state index in [2.05, 4.69) is 42.0 Å². The monoisotopic (exact) mass is 423 g/mol. The van der Waals surface area contributed by atoms with E-state index in [9.17, 15) is 8.42 Å². The van der Waals surface area contributed by atoms with Crippen molar-refractivity contribution in [2.45, 2.75) is 31.1 Å². The van der Waals surface area contributed by atoms with Crippen LogP contribution in [0.3, 0.4) is 0 Å². The van der Waals surface area contributed by atoms with Crippen molar-refractivity contribution in [1.82, 2.24) is 10.6 Å². The molecule has 0 saturated carbocycles. The number of thiophene rings is 1. The molecule has 0 unspecified atom stereocenters. The minimum absolute atomic E-state index is 0.0195. The van der Waals surface area contributed by atoms with Gasteiger partial charge < -0.3 is 15.4 Å². The molecule has 8 heteroatoms. The van der Waals surface area contributed by atoms with E-state index in [1.807, 2.05) is 6.92 Å². The topological polar surface area (TPSA) is 79.8 Å². The molecule has 1 aromatic heterocycles. The highest BCUT2D eigenvalue weighted by atomic mass is 32.2. The molecule has 0 amide bonds. The Bertz CT molecular complexity index is 859. The smallest absolute Gasteiger partial charge is 0.191 e. The fourth-order valence-electron chi connectivity index (χ4n) is 2.48. The normalized spacial score (nSPS) is 12.6. The predicted octanol–water partition coefficient (Wildman–Crippen LogP) is 3.06. The molecule has 0 saturated heterocycles. The lowest BCUT2D eigenvalue weighted by molar-refractivity contribution is 0.321. The lowest BCUT2D eigenvalue weighted by Gasteiger charge is -2.21. The van der Waals surface area contributed by atoms with E-state index in [1.165, 1.54) is 11.1 Å². The Labute approximate surface area is 172 Å². The lowest BCUT2D eigenvalue weighted by Crippen LogP contribution is -2.40. The number of guanidine groups is 1. The first-order chi connectivity index (χ1) is 13.2. The Kier molecular flexibility index (Phi) is 7.88. The zero-order valence-electron chi connectivity index (χ0n) is 16.9. The zero-order chi connectivity index (χ0) is 20.6. The van der Waals surface area contributed by atoms with Crippen LogP contribution in [-0.2, 0) is 15.3 Å². The second kappa shape index (κ2) is 9.93. The van der Waals surface area contributed by atoms with Crippen LogP contribution >= 0.6 is 11.3 Å². The predicted molar refractivity (Wildman–Crippen MR) is 116 cm³/mol. The molecule has 2 rings (SSSR count). The highest BCUT2D eigenvalue weighted by Crippen LogP contribution is 2.27. The third-order valence-electron chi connectivity index (χ3n) is 4.08. The van der Waals surface area contributed by atoms with Crippen molar-refractivity contribution in [3.63, 3.8) is 0 Å². The minimum atomic E-state index is -3.19. The highest BCUT2D eigenvalue weighted by Gasteiger charge is 2.21. The van der Waals surface area contributed by atoms with Gasteiger partial charge in [0.2, 0.25) is 0 Å². The number of hydrogen-bond acceptors (Lipinski definition) is 5. The first kappa shape index (κ1) is 22.2. The van der Waals surface area contributed by atoms with Gasteiger partial charge >= 0.3 is 0 Å². The van der Waals surface area contributed by atoms with Crippen molar-refractivity contribution in [3.8, 4) is 5.75 Å². The highest BCUT2D eigenvalue weighted by molar-refractivity contribution is 7.90. The van der Waals surface area contributed by atoms with Crippen molar-refractivity contribution < 1.29 is 13.2 Å². The molecule has 1 aromatic carbocycles. The lowest BCUT2D eigenvalue weighted by atomic mass is 9.92. The molecule has 1 heterocycles. The summed E-state index contributed by atoms with van der Waals surface area (Å²) in [4.78, 5) is 6.30. The molecule has 2 aromatic rings. The average Bonchev–Trinajstić information content (AvgIpc) is 3.18. The fraction of sp³-hybridized carbons (Fsp3) is 0.450. The van der Waals surface area contributed by atoms with Gasteiger partial charge in [-0.2, -0.15) is 0 Å². The van der Waals surface area contributed by atoms with Gasteiger partial charge in [0.15, 0.2) is 15.8 Å². The third-order valence-corrected chi connectivity index (χ3v) is 6.44. The van der Waals surface area contributed by atoms with E-state index in [0.29, 0.717) is 25.4 Å². The molecule has 0 aliphatic heterocycles. The largest absolute Gasteiger partial charge is 0.492 e.